The van der Waals surface area contributed by atoms with E-state index in [0.717, 1.165) is 0 Å². The molecule has 3 rings (SSSR count). The van der Waals surface area contributed by atoms with Crippen molar-refractivity contribution in [2.24, 2.45) is 0 Å². The Morgan fingerprint density at radius 3 is 2.34 bits per heavy atom. The van der Waals surface area contributed by atoms with Gasteiger partial charge in [-0.2, -0.15) is 4.31 Å². The number of esters is 1. The van der Waals surface area contributed by atoms with Crippen LogP contribution in [0.25, 0.3) is 10.8 Å². The first kappa shape index (κ1) is 21.3. The van der Waals surface area contributed by atoms with Crippen molar-refractivity contribution in [2.45, 2.75) is 45.1 Å². The van der Waals surface area contributed by atoms with Gasteiger partial charge in [-0.05, 0) is 39.0 Å². The van der Waals surface area contributed by atoms with Crippen molar-refractivity contribution in [2.75, 3.05) is 24.5 Å². The average molecular weight is 419 g/mol. The summed E-state index contributed by atoms with van der Waals surface area (Å²) in [6.07, 6.45) is 0. The second-order valence-corrected chi connectivity index (χ2v) is 9.78. The summed E-state index contributed by atoms with van der Waals surface area (Å²) in [4.78, 5) is 26.8. The molecule has 0 N–H and O–H groups in total. The van der Waals surface area contributed by atoms with Crippen molar-refractivity contribution in [3.63, 3.8) is 0 Å². The first-order valence-corrected chi connectivity index (χ1v) is 11.0. The molecule has 0 bridgehead atoms. The van der Waals surface area contributed by atoms with Gasteiger partial charge in [-0.1, -0.05) is 26.0 Å². The van der Waals surface area contributed by atoms with Crippen LogP contribution in [0.5, 0.6) is 0 Å². The Morgan fingerprint density at radius 1 is 1.10 bits per heavy atom. The zero-order chi connectivity index (χ0) is 21.6. The number of hydrogen-bond donors (Lipinski definition) is 0. The summed E-state index contributed by atoms with van der Waals surface area (Å²) >= 11 is 0. The van der Waals surface area contributed by atoms with E-state index in [1.165, 1.54) is 15.3 Å². The molecule has 2 aromatic carbocycles. The maximum Gasteiger partial charge on any atom is 0.326 e. The summed E-state index contributed by atoms with van der Waals surface area (Å²) in [7, 11) is -3.70. The summed E-state index contributed by atoms with van der Waals surface area (Å²) in [5.41, 5.74) is 0.242. The van der Waals surface area contributed by atoms with Gasteiger partial charge in [-0.25, -0.2) is 8.42 Å². The third-order valence-electron chi connectivity index (χ3n) is 4.78. The molecule has 8 heteroatoms. The molecule has 0 unspecified atom stereocenters. The summed E-state index contributed by atoms with van der Waals surface area (Å²) in [5.74, 6) is -0.861. The van der Waals surface area contributed by atoms with Gasteiger partial charge in [0.1, 0.15) is 12.1 Å². The van der Waals surface area contributed by atoms with E-state index in [0.29, 0.717) is 35.1 Å². The fourth-order valence-electron chi connectivity index (χ4n) is 3.61. The van der Waals surface area contributed by atoms with E-state index >= 15 is 0 Å². The highest BCUT2D eigenvalue weighted by Crippen LogP contribution is 2.40. The van der Waals surface area contributed by atoms with Gasteiger partial charge < -0.3 is 4.74 Å². The predicted molar refractivity (Wildman–Crippen MR) is 112 cm³/mol. The summed E-state index contributed by atoms with van der Waals surface area (Å²) in [5, 5.41) is 1.03. The molecular formula is C21H26N2O5S. The quantitative estimate of drug-likeness (QED) is 0.673. The lowest BCUT2D eigenvalue weighted by molar-refractivity contribution is -0.152. The highest BCUT2D eigenvalue weighted by atomic mass is 32.2. The van der Waals surface area contributed by atoms with Crippen LogP contribution >= 0.6 is 0 Å². The monoisotopic (exact) mass is 418 g/mol. The zero-order valence-electron chi connectivity index (χ0n) is 17.4. The summed E-state index contributed by atoms with van der Waals surface area (Å²) in [6, 6.07) is 8.12. The van der Waals surface area contributed by atoms with E-state index in [1.807, 2.05) is 0 Å². The second-order valence-electron chi connectivity index (χ2n) is 7.88. The number of ether oxygens (including phenoxy) is 1. The third kappa shape index (κ3) is 3.74. The Morgan fingerprint density at radius 2 is 1.76 bits per heavy atom. The molecule has 0 saturated carbocycles. The van der Waals surface area contributed by atoms with Crippen molar-refractivity contribution >= 4 is 38.4 Å². The molecule has 0 aromatic heterocycles. The fraction of sp³-hybridized carbons (Fsp3) is 0.429. The van der Waals surface area contributed by atoms with Crippen molar-refractivity contribution < 1.29 is 22.7 Å². The number of rotatable bonds is 6. The van der Waals surface area contributed by atoms with Crippen LogP contribution in [-0.4, -0.2) is 49.8 Å². The largest absolute Gasteiger partial charge is 0.459 e. The molecule has 0 aliphatic carbocycles. The lowest BCUT2D eigenvalue weighted by Gasteiger charge is -2.23. The van der Waals surface area contributed by atoms with Gasteiger partial charge in [-0.3, -0.25) is 14.5 Å². The van der Waals surface area contributed by atoms with Crippen LogP contribution in [0.4, 0.5) is 5.69 Å². The Labute approximate surface area is 171 Å². The molecule has 0 saturated heterocycles. The molecular weight excluding hydrogens is 392 g/mol. The number of amides is 1. The third-order valence-corrected chi connectivity index (χ3v) is 6.88. The molecule has 156 valence electrons. The van der Waals surface area contributed by atoms with Gasteiger partial charge in [0, 0.05) is 29.4 Å². The lowest BCUT2D eigenvalue weighted by atomic mass is 10.1. The second kappa shape index (κ2) is 7.42. The van der Waals surface area contributed by atoms with Crippen molar-refractivity contribution in [3.8, 4) is 0 Å². The molecule has 2 aromatic rings. The van der Waals surface area contributed by atoms with Crippen LogP contribution in [0.1, 0.15) is 45.0 Å². The minimum Gasteiger partial charge on any atom is -0.459 e. The molecule has 0 fully saturated rings. The number of anilines is 1. The summed E-state index contributed by atoms with van der Waals surface area (Å²) < 4.78 is 32.9. The standard InChI is InChI=1S/C21H26N2O5S/c1-6-22(7-2)29(26,27)17-12-11-16-19-14(17)9-8-10-15(19)20(25)23(16)13-18(24)28-21(3,4)5/h8-12H,6-7,13H2,1-5H3. The highest BCUT2D eigenvalue weighted by Gasteiger charge is 2.35. The molecule has 0 spiro atoms. The van der Waals surface area contributed by atoms with E-state index in [9.17, 15) is 18.0 Å². The Bertz CT molecular complexity index is 1080. The van der Waals surface area contributed by atoms with Gasteiger partial charge >= 0.3 is 5.97 Å². The minimum absolute atomic E-state index is 0.161. The average Bonchev–Trinajstić information content (AvgIpc) is 2.88. The number of carbonyl (C=O) groups excluding carboxylic acids is 2. The molecule has 29 heavy (non-hydrogen) atoms. The van der Waals surface area contributed by atoms with Gasteiger partial charge in [0.05, 0.1) is 10.6 Å². The highest BCUT2D eigenvalue weighted by molar-refractivity contribution is 7.89. The first-order chi connectivity index (χ1) is 13.5. The predicted octanol–water partition coefficient (Wildman–Crippen LogP) is 3.17. The smallest absolute Gasteiger partial charge is 0.326 e. The van der Waals surface area contributed by atoms with Crippen molar-refractivity contribution in [3.05, 3.63) is 35.9 Å². The number of nitrogens with zero attached hydrogens (tertiary/aromatic N) is 2. The van der Waals surface area contributed by atoms with E-state index in [-0.39, 0.29) is 17.3 Å². The molecule has 1 heterocycles. The van der Waals surface area contributed by atoms with Crippen molar-refractivity contribution in [1.29, 1.82) is 0 Å². The first-order valence-electron chi connectivity index (χ1n) is 9.60. The van der Waals surface area contributed by atoms with Crippen LogP contribution in [0.3, 0.4) is 0 Å². The van der Waals surface area contributed by atoms with Gasteiger partial charge in [-0.15, -0.1) is 0 Å². The van der Waals surface area contributed by atoms with E-state index in [1.54, 1.807) is 58.9 Å². The Kier molecular flexibility index (Phi) is 5.44. The maximum absolute atomic E-state index is 13.1. The number of hydrogen-bond acceptors (Lipinski definition) is 5. The Balaban J connectivity index is 2.10. The molecule has 1 aliphatic heterocycles. The van der Waals surface area contributed by atoms with Crippen LogP contribution in [0, 0.1) is 0 Å². The van der Waals surface area contributed by atoms with E-state index in [2.05, 4.69) is 0 Å². The molecule has 1 amide bonds. The minimum atomic E-state index is -3.70. The zero-order valence-corrected chi connectivity index (χ0v) is 18.2. The topological polar surface area (TPSA) is 84.0 Å². The summed E-state index contributed by atoms with van der Waals surface area (Å²) in [6.45, 7) is 9.32. The van der Waals surface area contributed by atoms with Crippen LogP contribution in [0.15, 0.2) is 35.2 Å². The number of carbonyl (C=O) groups is 2. The van der Waals surface area contributed by atoms with Gasteiger partial charge in [0.25, 0.3) is 5.91 Å². The molecule has 1 aliphatic rings. The fourth-order valence-corrected chi connectivity index (χ4v) is 5.25. The van der Waals surface area contributed by atoms with Crippen LogP contribution < -0.4 is 4.90 Å². The van der Waals surface area contributed by atoms with E-state index < -0.39 is 21.6 Å². The van der Waals surface area contributed by atoms with Gasteiger partial charge in [0.15, 0.2) is 0 Å². The van der Waals surface area contributed by atoms with E-state index in [4.69, 9.17) is 4.74 Å². The van der Waals surface area contributed by atoms with Gasteiger partial charge in [0.2, 0.25) is 10.0 Å². The number of benzene rings is 2. The molecule has 0 radical (unpaired) electrons. The van der Waals surface area contributed by atoms with Crippen LogP contribution in [-0.2, 0) is 19.6 Å². The number of sulfonamides is 1. The Hall–Kier alpha value is -2.45. The maximum atomic E-state index is 13.1. The SMILES string of the molecule is CCN(CC)S(=O)(=O)c1ccc2c3c(cccc13)C(=O)N2CC(=O)OC(C)(C)C. The van der Waals surface area contributed by atoms with Crippen molar-refractivity contribution in [1.82, 2.24) is 4.31 Å². The molecule has 7 nitrogen and oxygen atoms in total. The van der Waals surface area contributed by atoms with Crippen LogP contribution in [0.2, 0.25) is 0 Å². The normalized spacial score (nSPS) is 14.1. The molecule has 0 atom stereocenters. The lowest BCUT2D eigenvalue weighted by Crippen LogP contribution is -2.36.